The maximum absolute atomic E-state index is 12.7. The van der Waals surface area contributed by atoms with Crippen LogP contribution in [0.3, 0.4) is 0 Å². The Balaban J connectivity index is 2.94. The number of benzene rings is 1. The van der Waals surface area contributed by atoms with Gasteiger partial charge in [0.05, 0.1) is 0 Å². The molecule has 0 aromatic heterocycles. The van der Waals surface area contributed by atoms with Crippen molar-refractivity contribution >= 4 is 0 Å². The van der Waals surface area contributed by atoms with Gasteiger partial charge in [0, 0.05) is 6.42 Å². The van der Waals surface area contributed by atoms with E-state index in [2.05, 4.69) is 0 Å². The van der Waals surface area contributed by atoms with Crippen LogP contribution in [0.5, 0.6) is 0 Å². The first-order valence-corrected chi connectivity index (χ1v) is 4.32. The predicted molar refractivity (Wildman–Crippen MR) is 50.2 cm³/mol. The summed E-state index contributed by atoms with van der Waals surface area (Å²) in [6, 6.07) is 5.65. The molecule has 0 radical (unpaired) electrons. The van der Waals surface area contributed by atoms with Crippen molar-refractivity contribution in [2.45, 2.75) is 33.1 Å². The van der Waals surface area contributed by atoms with E-state index in [1.807, 2.05) is 32.0 Å². The highest BCUT2D eigenvalue weighted by Crippen LogP contribution is 2.21. The van der Waals surface area contributed by atoms with Crippen molar-refractivity contribution in [2.75, 3.05) is 0 Å². The second kappa shape index (κ2) is 3.44. The number of hydrogen-bond donors (Lipinski definition) is 0. The average molecular weight is 184 g/mol. The highest BCUT2D eigenvalue weighted by atomic mass is 19.3. The molecule has 72 valence electrons. The molecule has 0 saturated heterocycles. The molecule has 0 bridgehead atoms. The lowest BCUT2D eigenvalue weighted by atomic mass is 10.0. The number of rotatable bonds is 2. The lowest BCUT2D eigenvalue weighted by Gasteiger charge is -2.12. The van der Waals surface area contributed by atoms with Gasteiger partial charge in [-0.05, 0) is 31.9 Å². The second-order valence-electron chi connectivity index (χ2n) is 3.68. The standard InChI is InChI=1S/C11H14F2/c1-8-4-5-9(2)10(6-8)7-11(3,12)13/h4-6H,7H2,1-3H3. The van der Waals surface area contributed by atoms with Crippen LogP contribution in [0, 0.1) is 13.8 Å². The Morgan fingerprint density at radius 3 is 2.38 bits per heavy atom. The fraction of sp³-hybridized carbons (Fsp3) is 0.455. The zero-order valence-corrected chi connectivity index (χ0v) is 8.20. The predicted octanol–water partition coefficient (Wildman–Crippen LogP) is 3.50. The van der Waals surface area contributed by atoms with Gasteiger partial charge in [-0.3, -0.25) is 0 Å². The molecule has 0 spiro atoms. The Labute approximate surface area is 77.6 Å². The minimum absolute atomic E-state index is 0.166. The summed E-state index contributed by atoms with van der Waals surface area (Å²) in [5.74, 6) is -2.61. The normalized spacial score (nSPS) is 11.8. The SMILES string of the molecule is Cc1ccc(C)c(CC(C)(F)F)c1. The van der Waals surface area contributed by atoms with Gasteiger partial charge in [-0.2, -0.15) is 0 Å². The Bertz CT molecular complexity index is 297. The Morgan fingerprint density at radius 1 is 1.23 bits per heavy atom. The summed E-state index contributed by atoms with van der Waals surface area (Å²) < 4.78 is 25.4. The fourth-order valence-electron chi connectivity index (χ4n) is 1.33. The molecular formula is C11H14F2. The number of halogens is 2. The number of hydrogen-bond acceptors (Lipinski definition) is 0. The van der Waals surface area contributed by atoms with Gasteiger partial charge in [-0.1, -0.05) is 23.8 Å². The smallest absolute Gasteiger partial charge is 0.207 e. The summed E-state index contributed by atoms with van der Waals surface area (Å²) in [4.78, 5) is 0. The highest BCUT2D eigenvalue weighted by Gasteiger charge is 2.22. The van der Waals surface area contributed by atoms with Crippen LogP contribution in [0.25, 0.3) is 0 Å². The fourth-order valence-corrected chi connectivity index (χ4v) is 1.33. The zero-order valence-electron chi connectivity index (χ0n) is 8.20. The summed E-state index contributed by atoms with van der Waals surface area (Å²) in [7, 11) is 0. The van der Waals surface area contributed by atoms with E-state index in [0.29, 0.717) is 0 Å². The molecule has 1 aromatic carbocycles. The molecule has 1 aromatic rings. The minimum Gasteiger partial charge on any atom is -0.207 e. The van der Waals surface area contributed by atoms with Crippen molar-refractivity contribution < 1.29 is 8.78 Å². The molecule has 0 amide bonds. The molecule has 0 unspecified atom stereocenters. The first-order chi connectivity index (χ1) is 5.88. The molecule has 0 aliphatic carbocycles. The Hall–Kier alpha value is -0.920. The molecule has 0 nitrogen and oxygen atoms in total. The molecule has 0 saturated carbocycles. The summed E-state index contributed by atoms with van der Waals surface area (Å²) in [5, 5.41) is 0. The van der Waals surface area contributed by atoms with Crippen LogP contribution in [-0.2, 0) is 6.42 Å². The van der Waals surface area contributed by atoms with Gasteiger partial charge >= 0.3 is 0 Å². The maximum atomic E-state index is 12.7. The molecule has 13 heavy (non-hydrogen) atoms. The van der Waals surface area contributed by atoms with Gasteiger partial charge in [0.1, 0.15) is 0 Å². The average Bonchev–Trinajstić information content (AvgIpc) is 1.94. The summed E-state index contributed by atoms with van der Waals surface area (Å²) >= 11 is 0. The Kier molecular flexibility index (Phi) is 2.69. The van der Waals surface area contributed by atoms with Crippen LogP contribution >= 0.6 is 0 Å². The van der Waals surface area contributed by atoms with Crippen LogP contribution in [-0.4, -0.2) is 5.92 Å². The number of alkyl halides is 2. The van der Waals surface area contributed by atoms with Crippen LogP contribution in [0.1, 0.15) is 23.6 Å². The lowest BCUT2D eigenvalue weighted by Crippen LogP contribution is -2.14. The third-order valence-corrected chi connectivity index (χ3v) is 2.01. The van der Waals surface area contributed by atoms with Crippen molar-refractivity contribution in [3.8, 4) is 0 Å². The minimum atomic E-state index is -2.61. The van der Waals surface area contributed by atoms with Gasteiger partial charge < -0.3 is 0 Å². The zero-order chi connectivity index (χ0) is 10.1. The van der Waals surface area contributed by atoms with E-state index in [4.69, 9.17) is 0 Å². The van der Waals surface area contributed by atoms with Gasteiger partial charge in [0.15, 0.2) is 0 Å². The van der Waals surface area contributed by atoms with Gasteiger partial charge in [-0.25, -0.2) is 8.78 Å². The van der Waals surface area contributed by atoms with Gasteiger partial charge in [-0.15, -0.1) is 0 Å². The molecule has 0 aliphatic heterocycles. The lowest BCUT2D eigenvalue weighted by molar-refractivity contribution is 0.0224. The number of aryl methyl sites for hydroxylation is 2. The van der Waals surface area contributed by atoms with E-state index in [1.54, 1.807) is 0 Å². The van der Waals surface area contributed by atoms with Crippen molar-refractivity contribution in [1.82, 2.24) is 0 Å². The van der Waals surface area contributed by atoms with Crippen molar-refractivity contribution in [3.63, 3.8) is 0 Å². The summed E-state index contributed by atoms with van der Waals surface area (Å²) in [6.45, 7) is 4.73. The van der Waals surface area contributed by atoms with E-state index in [1.165, 1.54) is 0 Å². The van der Waals surface area contributed by atoms with Crippen molar-refractivity contribution in [1.29, 1.82) is 0 Å². The van der Waals surface area contributed by atoms with Gasteiger partial charge in [0.2, 0.25) is 5.92 Å². The summed E-state index contributed by atoms with van der Waals surface area (Å²) in [5.41, 5.74) is 2.71. The van der Waals surface area contributed by atoms with Crippen LogP contribution in [0.4, 0.5) is 8.78 Å². The van der Waals surface area contributed by atoms with E-state index < -0.39 is 5.92 Å². The van der Waals surface area contributed by atoms with E-state index in [9.17, 15) is 8.78 Å². The molecule has 0 heterocycles. The van der Waals surface area contributed by atoms with E-state index >= 15 is 0 Å². The molecular weight excluding hydrogens is 170 g/mol. The third kappa shape index (κ3) is 3.13. The van der Waals surface area contributed by atoms with Crippen LogP contribution in [0.15, 0.2) is 18.2 Å². The van der Waals surface area contributed by atoms with Crippen LogP contribution < -0.4 is 0 Å². The third-order valence-electron chi connectivity index (χ3n) is 2.01. The first-order valence-electron chi connectivity index (χ1n) is 4.32. The quantitative estimate of drug-likeness (QED) is 0.659. The van der Waals surface area contributed by atoms with Gasteiger partial charge in [0.25, 0.3) is 0 Å². The van der Waals surface area contributed by atoms with Crippen LogP contribution in [0.2, 0.25) is 0 Å². The molecule has 0 atom stereocenters. The van der Waals surface area contributed by atoms with E-state index in [-0.39, 0.29) is 6.42 Å². The molecule has 0 aliphatic rings. The molecule has 0 fully saturated rings. The first kappa shape index (κ1) is 10.2. The second-order valence-corrected chi connectivity index (χ2v) is 3.68. The summed E-state index contributed by atoms with van der Waals surface area (Å²) in [6.07, 6.45) is -0.166. The van der Waals surface area contributed by atoms with Crippen molar-refractivity contribution in [2.24, 2.45) is 0 Å². The van der Waals surface area contributed by atoms with E-state index in [0.717, 1.165) is 23.6 Å². The van der Waals surface area contributed by atoms with Crippen molar-refractivity contribution in [3.05, 3.63) is 34.9 Å². The molecule has 1 rings (SSSR count). The molecule has 2 heteroatoms. The topological polar surface area (TPSA) is 0 Å². The molecule has 0 N–H and O–H groups in total. The highest BCUT2D eigenvalue weighted by molar-refractivity contribution is 5.31. The largest absolute Gasteiger partial charge is 0.249 e. The monoisotopic (exact) mass is 184 g/mol. The Morgan fingerprint density at radius 2 is 1.85 bits per heavy atom. The maximum Gasteiger partial charge on any atom is 0.249 e.